The molecule has 0 heterocycles. The van der Waals surface area contributed by atoms with E-state index >= 15 is 0 Å². The lowest BCUT2D eigenvalue weighted by Gasteiger charge is -2.24. The van der Waals surface area contributed by atoms with Crippen LogP contribution in [0.25, 0.3) is 0 Å². The number of aliphatic imine (C=N–C) groups is 1. The van der Waals surface area contributed by atoms with Crippen LogP contribution in [0.15, 0.2) is 29.3 Å². The van der Waals surface area contributed by atoms with E-state index < -0.39 is 10.8 Å². The third-order valence-electron chi connectivity index (χ3n) is 3.91. The van der Waals surface area contributed by atoms with Gasteiger partial charge >= 0.3 is 0 Å². The summed E-state index contributed by atoms with van der Waals surface area (Å²) in [7, 11) is 0.907. The van der Waals surface area contributed by atoms with Gasteiger partial charge in [0.15, 0.2) is 5.96 Å². The van der Waals surface area contributed by atoms with Crippen LogP contribution in [0.4, 0.5) is 5.69 Å². The largest absolute Gasteiger partial charge is 0.370 e. The lowest BCUT2D eigenvalue weighted by atomic mass is 10.2. The van der Waals surface area contributed by atoms with Crippen LogP contribution >= 0.6 is 0 Å². The highest BCUT2D eigenvalue weighted by Gasteiger charge is 2.18. The van der Waals surface area contributed by atoms with Crippen molar-refractivity contribution in [3.63, 3.8) is 0 Å². The minimum Gasteiger partial charge on any atom is -0.370 e. The van der Waals surface area contributed by atoms with Crippen molar-refractivity contribution in [2.45, 2.75) is 39.4 Å². The second kappa shape index (κ2) is 10.4. The monoisotopic (exact) mass is 366 g/mol. The first-order valence-electron chi connectivity index (χ1n) is 8.92. The number of nitrogens with one attached hydrogen (secondary N) is 2. The van der Waals surface area contributed by atoms with E-state index in [4.69, 9.17) is 0 Å². The average molecular weight is 367 g/mol. The molecule has 142 valence electrons. The highest BCUT2D eigenvalue weighted by Crippen LogP contribution is 2.15. The van der Waals surface area contributed by atoms with E-state index in [9.17, 15) is 4.21 Å². The van der Waals surface area contributed by atoms with Crippen LogP contribution in [0.2, 0.25) is 0 Å². The van der Waals surface area contributed by atoms with Gasteiger partial charge < -0.3 is 15.5 Å². The Kier molecular flexibility index (Phi) is 8.97. The molecule has 0 bridgehead atoms. The number of anilines is 1. The Balaban J connectivity index is 2.40. The van der Waals surface area contributed by atoms with E-state index in [2.05, 4.69) is 58.6 Å². The Bertz CT molecular complexity index is 581. The van der Waals surface area contributed by atoms with Crippen molar-refractivity contribution in [1.82, 2.24) is 10.6 Å². The van der Waals surface area contributed by atoms with Crippen LogP contribution in [-0.4, -0.2) is 53.9 Å². The van der Waals surface area contributed by atoms with E-state index in [-0.39, 0.29) is 4.75 Å². The number of benzene rings is 1. The van der Waals surface area contributed by atoms with E-state index in [0.717, 1.165) is 25.6 Å². The number of hydrogen-bond donors (Lipinski definition) is 2. The maximum Gasteiger partial charge on any atom is 0.191 e. The summed E-state index contributed by atoms with van der Waals surface area (Å²) in [5, 5.41) is 6.57. The van der Waals surface area contributed by atoms with Crippen molar-refractivity contribution in [3.8, 4) is 0 Å². The van der Waals surface area contributed by atoms with E-state index in [1.165, 1.54) is 11.3 Å². The van der Waals surface area contributed by atoms with Gasteiger partial charge in [-0.05, 0) is 52.3 Å². The predicted octanol–water partition coefficient (Wildman–Crippen LogP) is 2.53. The molecule has 0 aliphatic heterocycles. The van der Waals surface area contributed by atoms with Crippen molar-refractivity contribution < 1.29 is 4.21 Å². The Labute approximate surface area is 155 Å². The van der Waals surface area contributed by atoms with Crippen molar-refractivity contribution >= 4 is 22.4 Å². The molecule has 0 aliphatic rings. The molecule has 0 saturated heterocycles. The van der Waals surface area contributed by atoms with Gasteiger partial charge in [-0.15, -0.1) is 0 Å². The second-order valence-electron chi connectivity index (χ2n) is 7.01. The lowest BCUT2D eigenvalue weighted by Crippen LogP contribution is -2.43. The molecule has 1 unspecified atom stereocenters. The van der Waals surface area contributed by atoms with Crippen molar-refractivity contribution in [3.05, 3.63) is 29.8 Å². The minimum atomic E-state index is -0.851. The highest BCUT2D eigenvalue weighted by molar-refractivity contribution is 7.86. The first kappa shape index (κ1) is 21.5. The number of nitrogens with zero attached hydrogens (tertiary/aromatic N) is 2. The van der Waals surface area contributed by atoms with Crippen LogP contribution in [-0.2, 0) is 10.8 Å². The molecule has 0 fully saturated rings. The summed E-state index contributed by atoms with van der Waals surface area (Å²) in [6.45, 7) is 13.6. The highest BCUT2D eigenvalue weighted by atomic mass is 32.2. The Morgan fingerprint density at radius 2 is 1.92 bits per heavy atom. The molecule has 0 aromatic heterocycles. The molecule has 0 radical (unpaired) electrons. The van der Waals surface area contributed by atoms with Gasteiger partial charge in [0.1, 0.15) is 0 Å². The van der Waals surface area contributed by atoms with E-state index in [0.29, 0.717) is 12.3 Å². The van der Waals surface area contributed by atoms with Crippen LogP contribution in [0.3, 0.4) is 0 Å². The molecular weight excluding hydrogens is 332 g/mol. The molecule has 0 saturated carbocycles. The maximum atomic E-state index is 12.1. The normalized spacial score (nSPS) is 13.4. The minimum absolute atomic E-state index is 0.173. The number of aryl methyl sites for hydroxylation is 1. The molecule has 2 N–H and O–H groups in total. The Hall–Kier alpha value is -1.56. The SMILES string of the molecule is CCN(CCNC(=NC)NCCS(=O)C(C)(C)C)c1cccc(C)c1. The molecule has 1 aromatic rings. The van der Waals surface area contributed by atoms with Gasteiger partial charge in [0, 0.05) is 60.2 Å². The van der Waals surface area contributed by atoms with Crippen LogP contribution in [0, 0.1) is 6.92 Å². The summed E-state index contributed by atoms with van der Waals surface area (Å²) in [5.74, 6) is 1.38. The lowest BCUT2D eigenvalue weighted by molar-refractivity contribution is 0.647. The third-order valence-corrected chi connectivity index (χ3v) is 5.85. The summed E-state index contributed by atoms with van der Waals surface area (Å²) in [5.41, 5.74) is 2.51. The number of rotatable bonds is 8. The molecule has 1 aromatic carbocycles. The van der Waals surface area contributed by atoms with Gasteiger partial charge in [0.25, 0.3) is 0 Å². The van der Waals surface area contributed by atoms with E-state index in [1.807, 2.05) is 20.8 Å². The molecule has 0 spiro atoms. The molecule has 6 heteroatoms. The fourth-order valence-electron chi connectivity index (χ4n) is 2.39. The zero-order chi connectivity index (χ0) is 18.9. The van der Waals surface area contributed by atoms with Crippen LogP contribution < -0.4 is 15.5 Å². The summed E-state index contributed by atoms with van der Waals surface area (Å²) < 4.78 is 11.9. The van der Waals surface area contributed by atoms with Crippen molar-refractivity contribution in [2.24, 2.45) is 4.99 Å². The molecule has 0 aliphatic carbocycles. The van der Waals surface area contributed by atoms with Gasteiger partial charge in [-0.3, -0.25) is 9.20 Å². The van der Waals surface area contributed by atoms with Gasteiger partial charge in [-0.25, -0.2) is 0 Å². The first-order chi connectivity index (χ1) is 11.8. The number of guanidine groups is 1. The molecule has 25 heavy (non-hydrogen) atoms. The van der Waals surface area contributed by atoms with E-state index in [1.54, 1.807) is 7.05 Å². The maximum absolute atomic E-state index is 12.1. The zero-order valence-electron chi connectivity index (χ0n) is 16.6. The molecule has 1 atom stereocenters. The topological polar surface area (TPSA) is 56.7 Å². The number of hydrogen-bond acceptors (Lipinski definition) is 3. The fourth-order valence-corrected chi connectivity index (χ4v) is 3.29. The molecule has 0 amide bonds. The van der Waals surface area contributed by atoms with Gasteiger partial charge in [-0.2, -0.15) is 0 Å². The zero-order valence-corrected chi connectivity index (χ0v) is 17.4. The fraction of sp³-hybridized carbons (Fsp3) is 0.632. The predicted molar refractivity (Wildman–Crippen MR) is 111 cm³/mol. The number of likely N-dealkylation sites (N-methyl/N-ethyl adjacent to an activating group) is 1. The van der Waals surface area contributed by atoms with Crippen molar-refractivity contribution in [1.29, 1.82) is 0 Å². The second-order valence-corrected chi connectivity index (χ2v) is 9.33. The summed E-state index contributed by atoms with van der Waals surface area (Å²) in [4.78, 5) is 6.57. The average Bonchev–Trinajstić information content (AvgIpc) is 2.56. The first-order valence-corrected chi connectivity index (χ1v) is 10.2. The Morgan fingerprint density at radius 1 is 1.24 bits per heavy atom. The molecule has 1 rings (SSSR count). The quantitative estimate of drug-likeness (QED) is 0.548. The summed E-state index contributed by atoms with van der Waals surface area (Å²) >= 11 is 0. The summed E-state index contributed by atoms with van der Waals surface area (Å²) in [6.07, 6.45) is 0. The van der Waals surface area contributed by atoms with Crippen molar-refractivity contribution in [2.75, 3.05) is 43.9 Å². The smallest absolute Gasteiger partial charge is 0.191 e. The van der Waals surface area contributed by atoms with Gasteiger partial charge in [0.05, 0.1) is 0 Å². The van der Waals surface area contributed by atoms with Crippen LogP contribution in [0.1, 0.15) is 33.3 Å². The Morgan fingerprint density at radius 3 is 2.48 bits per heavy atom. The molecular formula is C19H34N4OS. The standard InChI is InChI=1S/C19H34N4OS/c1-7-23(17-10-8-9-16(2)15-17)13-11-21-18(20-6)22-12-14-25(24)19(3,4)5/h8-10,15H,7,11-14H2,1-6H3,(H2,20,21,22). The van der Waals surface area contributed by atoms with Crippen LogP contribution in [0.5, 0.6) is 0 Å². The third kappa shape index (κ3) is 7.90. The van der Waals surface area contributed by atoms with Gasteiger partial charge in [-0.1, -0.05) is 12.1 Å². The summed E-state index contributed by atoms with van der Waals surface area (Å²) in [6, 6.07) is 8.56. The molecule has 5 nitrogen and oxygen atoms in total. The van der Waals surface area contributed by atoms with Gasteiger partial charge in [0.2, 0.25) is 0 Å².